The number of hydrogen-bond acceptors (Lipinski definition) is 2. The molecule has 0 aliphatic heterocycles. The predicted molar refractivity (Wildman–Crippen MR) is 109 cm³/mol. The molecule has 4 N–H and O–H groups in total. The maximum atomic E-state index is 12.5. The van der Waals surface area contributed by atoms with Crippen LogP contribution >= 0.6 is 15.2 Å². The van der Waals surface area contributed by atoms with Gasteiger partial charge < -0.3 is 19.6 Å². The fraction of sp³-hybridized carbons (Fsp3) is 0.684. The minimum Gasteiger partial charge on any atom is -0.324 e. The van der Waals surface area contributed by atoms with Crippen LogP contribution in [0.4, 0.5) is 0 Å². The van der Waals surface area contributed by atoms with Gasteiger partial charge in [-0.05, 0) is 74.3 Å². The lowest BCUT2D eigenvalue weighted by Gasteiger charge is -2.40. The van der Waals surface area contributed by atoms with E-state index in [-0.39, 0.29) is 25.7 Å². The summed E-state index contributed by atoms with van der Waals surface area (Å²) in [6.45, 7) is 12.4. The molecule has 0 fully saturated rings. The smallest absolute Gasteiger partial charge is 0.324 e. The highest BCUT2D eigenvalue weighted by atomic mass is 31.2. The lowest BCUT2D eigenvalue weighted by atomic mass is 9.78. The van der Waals surface area contributed by atoms with Gasteiger partial charge in [-0.1, -0.05) is 33.8 Å². The molecular weight excluding hydrogens is 386 g/mol. The highest BCUT2D eigenvalue weighted by Gasteiger charge is 2.51. The van der Waals surface area contributed by atoms with Crippen LogP contribution in [0.15, 0.2) is 6.07 Å². The Bertz CT molecular complexity index is 720. The molecule has 0 aromatic heterocycles. The highest BCUT2D eigenvalue weighted by Crippen LogP contribution is 2.66. The van der Waals surface area contributed by atoms with Gasteiger partial charge in [0.05, 0.1) is 10.3 Å². The van der Waals surface area contributed by atoms with Crippen LogP contribution in [0.3, 0.4) is 0 Å². The Kier molecular flexibility index (Phi) is 7.37. The molecule has 1 aromatic carbocycles. The maximum Gasteiger partial charge on any atom is 0.335 e. The largest absolute Gasteiger partial charge is 0.335 e. The van der Waals surface area contributed by atoms with Crippen molar-refractivity contribution in [2.75, 3.05) is 0 Å². The standard InChI is InChI=1S/C19H34O6P2/c1-8-18(9-2,26(20,21)22)16-13(5)12-14(6)17(15(16)7)19(10-3,11-4)27(23,24)25/h12H,8-11H2,1-7H3,(H2,20,21,22)(H2,23,24,25). The molecule has 156 valence electrons. The van der Waals surface area contributed by atoms with Crippen LogP contribution in [0.1, 0.15) is 81.2 Å². The van der Waals surface area contributed by atoms with E-state index in [1.807, 2.05) is 19.9 Å². The van der Waals surface area contributed by atoms with E-state index in [0.29, 0.717) is 16.7 Å². The van der Waals surface area contributed by atoms with Gasteiger partial charge in [0.25, 0.3) is 0 Å². The average molecular weight is 420 g/mol. The van der Waals surface area contributed by atoms with E-state index in [1.165, 1.54) is 0 Å². The van der Waals surface area contributed by atoms with E-state index in [0.717, 1.165) is 11.1 Å². The first kappa shape index (κ1) is 24.6. The molecule has 0 unspecified atom stereocenters. The Balaban J connectivity index is 4.16. The number of aryl methyl sites for hydroxylation is 2. The Morgan fingerprint density at radius 2 is 0.963 bits per heavy atom. The van der Waals surface area contributed by atoms with E-state index in [9.17, 15) is 28.7 Å². The van der Waals surface area contributed by atoms with Crippen molar-refractivity contribution in [2.45, 2.75) is 84.5 Å². The molecule has 8 heteroatoms. The fourth-order valence-electron chi connectivity index (χ4n) is 4.94. The number of benzene rings is 1. The Hall–Kier alpha value is -0.480. The van der Waals surface area contributed by atoms with Crippen LogP contribution in [0.25, 0.3) is 0 Å². The molecule has 0 aliphatic rings. The SMILES string of the molecule is CCC(CC)(c1c(C)cc(C)c(C(CC)(CC)P(=O)(O)O)c1C)P(=O)(O)O. The molecule has 0 saturated heterocycles. The second-order valence-corrected chi connectivity index (χ2v) is 11.3. The van der Waals surface area contributed by atoms with Crippen molar-refractivity contribution in [3.63, 3.8) is 0 Å². The van der Waals surface area contributed by atoms with Gasteiger partial charge in [-0.2, -0.15) is 0 Å². The zero-order valence-corrected chi connectivity index (χ0v) is 19.2. The molecule has 0 bridgehead atoms. The third kappa shape index (κ3) is 3.73. The van der Waals surface area contributed by atoms with Crippen molar-refractivity contribution in [3.8, 4) is 0 Å². The maximum absolute atomic E-state index is 12.5. The summed E-state index contributed by atoms with van der Waals surface area (Å²) in [6.07, 6.45) is 0.941. The predicted octanol–water partition coefficient (Wildman–Crippen LogP) is 5.00. The molecule has 0 heterocycles. The Morgan fingerprint density at radius 3 is 1.15 bits per heavy atom. The lowest BCUT2D eigenvalue weighted by molar-refractivity contribution is 0.311. The number of rotatable bonds is 8. The quantitative estimate of drug-likeness (QED) is 0.440. The van der Waals surface area contributed by atoms with E-state index < -0.39 is 25.5 Å². The second-order valence-electron chi connectivity index (χ2n) is 7.45. The molecule has 0 saturated carbocycles. The molecule has 0 radical (unpaired) electrons. The Labute approximate surface area is 162 Å². The molecule has 0 atom stereocenters. The van der Waals surface area contributed by atoms with E-state index in [4.69, 9.17) is 0 Å². The first-order chi connectivity index (χ1) is 12.2. The molecule has 1 aromatic rings. The molecular formula is C19H34O6P2. The normalized spacial score (nSPS) is 13.9. The van der Waals surface area contributed by atoms with Gasteiger partial charge >= 0.3 is 15.2 Å². The second kappa shape index (κ2) is 8.10. The van der Waals surface area contributed by atoms with Gasteiger partial charge in [0.2, 0.25) is 0 Å². The van der Waals surface area contributed by atoms with Crippen molar-refractivity contribution in [3.05, 3.63) is 33.9 Å². The van der Waals surface area contributed by atoms with E-state index in [2.05, 4.69) is 0 Å². The van der Waals surface area contributed by atoms with E-state index >= 15 is 0 Å². The summed E-state index contributed by atoms with van der Waals surface area (Å²) >= 11 is 0. The summed E-state index contributed by atoms with van der Waals surface area (Å²) in [5.74, 6) is 0. The first-order valence-electron chi connectivity index (χ1n) is 9.43. The van der Waals surface area contributed by atoms with Gasteiger partial charge in [0, 0.05) is 0 Å². The van der Waals surface area contributed by atoms with Gasteiger partial charge in [-0.15, -0.1) is 0 Å². The van der Waals surface area contributed by atoms with Gasteiger partial charge in [-0.3, -0.25) is 9.13 Å². The summed E-state index contributed by atoms with van der Waals surface area (Å²) in [5, 5.41) is -2.74. The van der Waals surface area contributed by atoms with Crippen LogP contribution in [0, 0.1) is 20.8 Å². The molecule has 27 heavy (non-hydrogen) atoms. The van der Waals surface area contributed by atoms with Crippen molar-refractivity contribution < 1.29 is 28.7 Å². The molecule has 0 spiro atoms. The third-order valence-electron chi connectivity index (χ3n) is 6.36. The van der Waals surface area contributed by atoms with Gasteiger partial charge in [-0.25, -0.2) is 0 Å². The third-order valence-corrected chi connectivity index (χ3v) is 10.3. The summed E-state index contributed by atoms with van der Waals surface area (Å²) in [5.41, 5.74) is 3.13. The molecule has 1 rings (SSSR count). The lowest BCUT2D eigenvalue weighted by Crippen LogP contribution is -2.32. The van der Waals surface area contributed by atoms with Crippen molar-refractivity contribution in [2.24, 2.45) is 0 Å². The molecule has 0 amide bonds. The summed E-state index contributed by atoms with van der Waals surface area (Å²) < 4.78 is 25.1. The zero-order valence-electron chi connectivity index (χ0n) is 17.4. The minimum atomic E-state index is -4.52. The van der Waals surface area contributed by atoms with E-state index in [1.54, 1.807) is 34.6 Å². The molecule has 0 aliphatic carbocycles. The fourth-order valence-corrected chi connectivity index (χ4v) is 7.86. The van der Waals surface area contributed by atoms with Crippen molar-refractivity contribution in [1.29, 1.82) is 0 Å². The monoisotopic (exact) mass is 420 g/mol. The minimum absolute atomic E-state index is 0.235. The van der Waals surface area contributed by atoms with Crippen LogP contribution in [0.2, 0.25) is 0 Å². The van der Waals surface area contributed by atoms with Crippen LogP contribution in [0.5, 0.6) is 0 Å². The summed E-state index contributed by atoms with van der Waals surface area (Å²) in [7, 11) is -9.04. The summed E-state index contributed by atoms with van der Waals surface area (Å²) in [6, 6.07) is 1.81. The molecule has 6 nitrogen and oxygen atoms in total. The number of hydrogen-bond donors (Lipinski definition) is 4. The van der Waals surface area contributed by atoms with Crippen LogP contribution in [-0.2, 0) is 19.4 Å². The van der Waals surface area contributed by atoms with Gasteiger partial charge in [0.15, 0.2) is 0 Å². The Morgan fingerprint density at radius 1 is 0.704 bits per heavy atom. The van der Waals surface area contributed by atoms with Crippen molar-refractivity contribution in [1.82, 2.24) is 0 Å². The van der Waals surface area contributed by atoms with Crippen molar-refractivity contribution >= 4 is 15.2 Å². The van der Waals surface area contributed by atoms with Crippen LogP contribution < -0.4 is 0 Å². The highest BCUT2D eigenvalue weighted by molar-refractivity contribution is 7.53. The average Bonchev–Trinajstić information content (AvgIpc) is 2.52. The summed E-state index contributed by atoms with van der Waals surface area (Å²) in [4.78, 5) is 40.9. The first-order valence-corrected chi connectivity index (χ1v) is 12.7. The van der Waals surface area contributed by atoms with Crippen LogP contribution in [-0.4, -0.2) is 19.6 Å². The van der Waals surface area contributed by atoms with Gasteiger partial charge in [0.1, 0.15) is 0 Å². The topological polar surface area (TPSA) is 115 Å². The zero-order chi connectivity index (χ0) is 21.4.